The van der Waals surface area contributed by atoms with Crippen LogP contribution in [0.3, 0.4) is 0 Å². The quantitative estimate of drug-likeness (QED) is 0.606. The van der Waals surface area contributed by atoms with E-state index >= 15 is 0 Å². The second-order valence-electron chi connectivity index (χ2n) is 3.05. The van der Waals surface area contributed by atoms with Crippen LogP contribution < -0.4 is 10.1 Å². The fourth-order valence-electron chi connectivity index (χ4n) is 1.00. The van der Waals surface area contributed by atoms with E-state index in [1.807, 2.05) is 0 Å². The van der Waals surface area contributed by atoms with Gasteiger partial charge >= 0.3 is 0 Å². The number of ether oxygens (including phenoxy) is 1. The zero-order valence-corrected chi connectivity index (χ0v) is 9.37. The second-order valence-corrected chi connectivity index (χ2v) is 3.48. The Kier molecular flexibility index (Phi) is 5.36. The molecule has 5 heteroatoms. The minimum Gasteiger partial charge on any atom is -0.484 e. The number of benzene rings is 1. The highest BCUT2D eigenvalue weighted by Gasteiger charge is 2.01. The Bertz CT molecular complexity index is 351. The van der Waals surface area contributed by atoms with E-state index in [-0.39, 0.29) is 12.5 Å². The molecule has 0 aromatic heterocycles. The monoisotopic (exact) mass is 241 g/mol. The van der Waals surface area contributed by atoms with Crippen LogP contribution in [0.5, 0.6) is 5.75 Å². The standard InChI is InChI=1S/C11H12ClNO3/c12-9-2-4-10(5-3-9)16-8-11(15)13-6-1-7-14/h2-5,7H,1,6,8H2,(H,13,15). The lowest BCUT2D eigenvalue weighted by atomic mass is 10.3. The molecular weight excluding hydrogens is 230 g/mol. The lowest BCUT2D eigenvalue weighted by Crippen LogP contribution is -2.29. The number of amides is 1. The van der Waals surface area contributed by atoms with Crippen LogP contribution in [0.15, 0.2) is 24.3 Å². The van der Waals surface area contributed by atoms with E-state index in [9.17, 15) is 9.59 Å². The van der Waals surface area contributed by atoms with Crippen molar-refractivity contribution >= 4 is 23.8 Å². The summed E-state index contributed by atoms with van der Waals surface area (Å²) in [6, 6.07) is 6.73. The van der Waals surface area contributed by atoms with Gasteiger partial charge in [-0.15, -0.1) is 0 Å². The van der Waals surface area contributed by atoms with Gasteiger partial charge in [0.1, 0.15) is 12.0 Å². The Hall–Kier alpha value is -1.55. The summed E-state index contributed by atoms with van der Waals surface area (Å²) < 4.78 is 5.19. The lowest BCUT2D eigenvalue weighted by Gasteiger charge is -2.06. The number of carbonyl (C=O) groups is 2. The van der Waals surface area contributed by atoms with Crippen molar-refractivity contribution in [2.24, 2.45) is 0 Å². The Morgan fingerprint density at radius 3 is 2.69 bits per heavy atom. The molecule has 1 amide bonds. The second kappa shape index (κ2) is 6.85. The van der Waals surface area contributed by atoms with E-state index in [4.69, 9.17) is 16.3 Å². The molecule has 0 aliphatic rings. The molecule has 0 saturated carbocycles. The van der Waals surface area contributed by atoms with E-state index in [1.165, 1.54) is 0 Å². The Balaban J connectivity index is 2.26. The van der Waals surface area contributed by atoms with Gasteiger partial charge in [-0.05, 0) is 24.3 Å². The van der Waals surface area contributed by atoms with Gasteiger partial charge in [0.2, 0.25) is 0 Å². The van der Waals surface area contributed by atoms with E-state index in [2.05, 4.69) is 5.32 Å². The highest BCUT2D eigenvalue weighted by Crippen LogP contribution is 2.15. The molecule has 1 rings (SSSR count). The Labute approximate surface area is 98.5 Å². The number of carbonyl (C=O) groups excluding carboxylic acids is 2. The Morgan fingerprint density at radius 1 is 1.38 bits per heavy atom. The summed E-state index contributed by atoms with van der Waals surface area (Å²) in [5.41, 5.74) is 0. The number of rotatable bonds is 6. The van der Waals surface area contributed by atoms with Crippen molar-refractivity contribution in [3.63, 3.8) is 0 Å². The van der Waals surface area contributed by atoms with Crippen molar-refractivity contribution in [2.75, 3.05) is 13.2 Å². The van der Waals surface area contributed by atoms with E-state index < -0.39 is 0 Å². The molecule has 0 heterocycles. The molecule has 0 fully saturated rings. The van der Waals surface area contributed by atoms with Gasteiger partial charge in [0.05, 0.1) is 0 Å². The van der Waals surface area contributed by atoms with E-state index in [0.29, 0.717) is 23.7 Å². The highest BCUT2D eigenvalue weighted by molar-refractivity contribution is 6.30. The van der Waals surface area contributed by atoms with Crippen LogP contribution in [-0.4, -0.2) is 25.3 Å². The molecule has 0 saturated heterocycles. The SMILES string of the molecule is O=CCCNC(=O)COc1ccc(Cl)cc1. The summed E-state index contributed by atoms with van der Waals surface area (Å²) >= 11 is 5.69. The van der Waals surface area contributed by atoms with Crippen LogP contribution >= 0.6 is 11.6 Å². The van der Waals surface area contributed by atoms with Gasteiger partial charge in [-0.1, -0.05) is 11.6 Å². The minimum atomic E-state index is -0.253. The van der Waals surface area contributed by atoms with Gasteiger partial charge < -0.3 is 14.8 Å². The van der Waals surface area contributed by atoms with Crippen LogP contribution in [0, 0.1) is 0 Å². The third-order valence-electron chi connectivity index (χ3n) is 1.77. The van der Waals surface area contributed by atoms with Gasteiger partial charge in [0, 0.05) is 18.0 Å². The first-order valence-electron chi connectivity index (χ1n) is 4.81. The molecule has 0 aliphatic carbocycles. The molecule has 1 aromatic carbocycles. The fourth-order valence-corrected chi connectivity index (χ4v) is 1.13. The van der Waals surface area contributed by atoms with Crippen molar-refractivity contribution in [2.45, 2.75) is 6.42 Å². The molecule has 1 N–H and O–H groups in total. The fraction of sp³-hybridized carbons (Fsp3) is 0.273. The summed E-state index contributed by atoms with van der Waals surface area (Å²) in [6.07, 6.45) is 1.06. The first kappa shape index (κ1) is 12.5. The lowest BCUT2D eigenvalue weighted by molar-refractivity contribution is -0.123. The molecule has 1 aromatic rings. The minimum absolute atomic E-state index is 0.0690. The smallest absolute Gasteiger partial charge is 0.257 e. The third-order valence-corrected chi connectivity index (χ3v) is 2.02. The average molecular weight is 242 g/mol. The van der Waals surface area contributed by atoms with Crippen molar-refractivity contribution < 1.29 is 14.3 Å². The normalized spacial score (nSPS) is 9.56. The van der Waals surface area contributed by atoms with Crippen LogP contribution in [0.1, 0.15) is 6.42 Å². The van der Waals surface area contributed by atoms with Gasteiger partial charge in [-0.3, -0.25) is 4.79 Å². The molecule has 0 unspecified atom stereocenters. The van der Waals surface area contributed by atoms with Crippen LogP contribution in [0.4, 0.5) is 0 Å². The number of hydrogen-bond acceptors (Lipinski definition) is 3. The number of aldehydes is 1. The first-order chi connectivity index (χ1) is 7.72. The third kappa shape index (κ3) is 4.79. The summed E-state index contributed by atoms with van der Waals surface area (Å²) in [7, 11) is 0. The molecule has 4 nitrogen and oxygen atoms in total. The van der Waals surface area contributed by atoms with Gasteiger partial charge in [-0.2, -0.15) is 0 Å². The molecule has 0 spiro atoms. The van der Waals surface area contributed by atoms with Gasteiger partial charge in [-0.25, -0.2) is 0 Å². The molecule has 86 valence electrons. The summed E-state index contributed by atoms with van der Waals surface area (Å²) in [5.74, 6) is 0.326. The van der Waals surface area contributed by atoms with Crippen LogP contribution in [-0.2, 0) is 9.59 Å². The van der Waals surface area contributed by atoms with E-state index in [1.54, 1.807) is 24.3 Å². The summed E-state index contributed by atoms with van der Waals surface area (Å²) in [4.78, 5) is 21.2. The maximum atomic E-state index is 11.2. The summed E-state index contributed by atoms with van der Waals surface area (Å²) in [5, 5.41) is 3.16. The molecule has 0 radical (unpaired) electrons. The molecule has 0 atom stereocenters. The van der Waals surface area contributed by atoms with Gasteiger partial charge in [0.25, 0.3) is 5.91 Å². The number of hydrogen-bond donors (Lipinski definition) is 1. The first-order valence-corrected chi connectivity index (χ1v) is 5.19. The van der Waals surface area contributed by atoms with Gasteiger partial charge in [0.15, 0.2) is 6.61 Å². The zero-order chi connectivity index (χ0) is 11.8. The highest BCUT2D eigenvalue weighted by atomic mass is 35.5. The van der Waals surface area contributed by atoms with Crippen LogP contribution in [0.25, 0.3) is 0 Å². The van der Waals surface area contributed by atoms with Crippen molar-refractivity contribution in [1.29, 1.82) is 0 Å². The zero-order valence-electron chi connectivity index (χ0n) is 8.61. The number of nitrogens with one attached hydrogen (secondary N) is 1. The average Bonchev–Trinajstić information content (AvgIpc) is 2.29. The summed E-state index contributed by atoms with van der Waals surface area (Å²) in [6.45, 7) is 0.271. The van der Waals surface area contributed by atoms with Crippen molar-refractivity contribution in [3.05, 3.63) is 29.3 Å². The van der Waals surface area contributed by atoms with Crippen molar-refractivity contribution in [3.8, 4) is 5.75 Å². The molecule has 0 aliphatic heterocycles. The van der Waals surface area contributed by atoms with Crippen molar-refractivity contribution in [1.82, 2.24) is 5.32 Å². The Morgan fingerprint density at radius 2 is 2.06 bits per heavy atom. The van der Waals surface area contributed by atoms with Crippen LogP contribution in [0.2, 0.25) is 5.02 Å². The maximum Gasteiger partial charge on any atom is 0.257 e. The molecule has 16 heavy (non-hydrogen) atoms. The van der Waals surface area contributed by atoms with E-state index in [0.717, 1.165) is 6.29 Å². The molecular formula is C11H12ClNO3. The predicted molar refractivity (Wildman–Crippen MR) is 60.6 cm³/mol. The topological polar surface area (TPSA) is 55.4 Å². The maximum absolute atomic E-state index is 11.2. The predicted octanol–water partition coefficient (Wildman–Crippen LogP) is 1.42. The number of halogens is 1. The largest absolute Gasteiger partial charge is 0.484 e. The molecule has 0 bridgehead atoms.